The molecule has 0 radical (unpaired) electrons. The van der Waals surface area contributed by atoms with Crippen molar-refractivity contribution in [3.63, 3.8) is 0 Å². The summed E-state index contributed by atoms with van der Waals surface area (Å²) in [6.07, 6.45) is 1.87. The zero-order chi connectivity index (χ0) is 29.6. The number of carbonyl (C=O) groups excluding carboxylic acids is 4. The zero-order valence-electron chi connectivity index (χ0n) is 21.9. The quantitative estimate of drug-likeness (QED) is 0.204. The molecule has 12 heteroatoms. The molecule has 2 aliphatic carbocycles. The molecule has 4 aliphatic rings. The number of likely N-dealkylation sites (tertiary alicyclic amines) is 1. The lowest BCUT2D eigenvalue weighted by Crippen LogP contribution is -2.60. The van der Waals surface area contributed by atoms with E-state index in [9.17, 15) is 24.3 Å². The van der Waals surface area contributed by atoms with Gasteiger partial charge in [0.1, 0.15) is 11.5 Å². The summed E-state index contributed by atoms with van der Waals surface area (Å²) in [6.45, 7) is 1.82. The Labute approximate surface area is 259 Å². The van der Waals surface area contributed by atoms with Crippen LogP contribution in [0, 0.1) is 24.7 Å². The van der Waals surface area contributed by atoms with Crippen LogP contribution in [-0.4, -0.2) is 55.9 Å². The fraction of sp³-hybridized carbons (Fsp3) is 0.379. The maximum atomic E-state index is 14.1. The molecule has 4 amide bonds. The van der Waals surface area contributed by atoms with Gasteiger partial charge in [-0.05, 0) is 49.4 Å². The monoisotopic (exact) mass is 680 g/mol. The summed E-state index contributed by atoms with van der Waals surface area (Å²) in [5.41, 5.74) is 1.87. The Hall–Kier alpha value is -2.59. The highest BCUT2D eigenvalue weighted by Crippen LogP contribution is 2.66. The maximum Gasteiger partial charge on any atom is 0.254 e. The Morgan fingerprint density at radius 1 is 1.05 bits per heavy atom. The van der Waals surface area contributed by atoms with Gasteiger partial charge in [0, 0.05) is 22.6 Å². The number of fused-ring (bicyclic) bond motifs is 4. The summed E-state index contributed by atoms with van der Waals surface area (Å²) in [7, 11) is 1.45. The van der Waals surface area contributed by atoms with E-state index in [1.807, 2.05) is 13.0 Å². The van der Waals surface area contributed by atoms with Crippen molar-refractivity contribution < 1.29 is 29.0 Å². The highest BCUT2D eigenvalue weighted by atomic mass is 79.9. The van der Waals surface area contributed by atoms with Crippen LogP contribution in [0.5, 0.6) is 11.5 Å². The third-order valence-corrected chi connectivity index (χ3v) is 11.3. The summed E-state index contributed by atoms with van der Waals surface area (Å²) in [5.74, 6) is -5.40. The van der Waals surface area contributed by atoms with Crippen LogP contribution in [0.25, 0.3) is 0 Å². The van der Waals surface area contributed by atoms with Crippen LogP contribution in [0.15, 0.2) is 48.0 Å². The minimum atomic E-state index is -2.00. The second kappa shape index (κ2) is 9.73. The molecule has 2 aromatic carbocycles. The molecular formula is C29H24BrCl3N2O6. The minimum Gasteiger partial charge on any atom is -0.508 e. The summed E-state index contributed by atoms with van der Waals surface area (Å²) < 4.78 is 5.23. The van der Waals surface area contributed by atoms with Crippen LogP contribution in [0.4, 0.5) is 5.69 Å². The number of methoxy groups -OCH3 is 1. The number of anilines is 1. The first-order valence-corrected chi connectivity index (χ1v) is 15.2. The number of phenols is 1. The molecular weight excluding hydrogens is 659 g/mol. The number of benzene rings is 2. The van der Waals surface area contributed by atoms with E-state index in [0.29, 0.717) is 22.0 Å². The van der Waals surface area contributed by atoms with Crippen LogP contribution in [-0.2, 0) is 19.2 Å². The molecule has 8 nitrogen and oxygen atoms in total. The number of allylic oxidation sites excluding steroid dienone is 2. The van der Waals surface area contributed by atoms with E-state index in [-0.39, 0.29) is 35.5 Å². The predicted molar refractivity (Wildman–Crippen MR) is 157 cm³/mol. The average molecular weight is 683 g/mol. The number of phenolic OH excluding ortho intramolecular Hbond substituents is 1. The summed E-state index contributed by atoms with van der Waals surface area (Å²) in [4.78, 5) is 53.4. The number of rotatable bonds is 4. The molecule has 6 unspecified atom stereocenters. The number of hydrogen-bond donors (Lipinski definition) is 1. The molecule has 6 atom stereocenters. The molecule has 0 aromatic heterocycles. The van der Waals surface area contributed by atoms with E-state index in [0.717, 1.165) is 15.4 Å². The number of aryl methyl sites for hydroxylation is 1. The third kappa shape index (κ3) is 3.71. The molecule has 41 heavy (non-hydrogen) atoms. The lowest BCUT2D eigenvalue weighted by molar-refractivity contribution is -0.138. The molecule has 2 aromatic rings. The number of halogens is 4. The Bertz CT molecular complexity index is 1580. The van der Waals surface area contributed by atoms with Crippen molar-refractivity contribution in [2.24, 2.45) is 17.8 Å². The number of ether oxygens (including phenoxy) is 1. The van der Waals surface area contributed by atoms with Gasteiger partial charge in [-0.1, -0.05) is 51.3 Å². The number of nitrogens with zero attached hydrogens (tertiary/aromatic N) is 2. The van der Waals surface area contributed by atoms with Crippen LogP contribution < -0.4 is 9.64 Å². The topological polar surface area (TPSA) is 104 Å². The van der Waals surface area contributed by atoms with Gasteiger partial charge in [0.2, 0.25) is 11.8 Å². The Kier molecular flexibility index (Phi) is 6.77. The minimum absolute atomic E-state index is 0.135. The smallest absolute Gasteiger partial charge is 0.254 e. The number of imide groups is 2. The lowest BCUT2D eigenvalue weighted by atomic mass is 9.56. The van der Waals surface area contributed by atoms with E-state index in [2.05, 4.69) is 15.9 Å². The van der Waals surface area contributed by atoms with Crippen molar-refractivity contribution >= 4 is 80.0 Å². The van der Waals surface area contributed by atoms with Gasteiger partial charge in [-0.25, -0.2) is 4.90 Å². The van der Waals surface area contributed by atoms with Crippen molar-refractivity contribution in [1.29, 1.82) is 0 Å². The fourth-order valence-corrected chi connectivity index (χ4v) is 8.56. The highest BCUT2D eigenvalue weighted by molar-refractivity contribution is 9.09. The average Bonchev–Trinajstić information content (AvgIpc) is 3.28. The van der Waals surface area contributed by atoms with Crippen molar-refractivity contribution in [3.8, 4) is 11.5 Å². The van der Waals surface area contributed by atoms with Crippen LogP contribution in [0.3, 0.4) is 0 Å². The van der Waals surface area contributed by atoms with Gasteiger partial charge in [0.25, 0.3) is 11.8 Å². The Morgan fingerprint density at radius 3 is 2.41 bits per heavy atom. The zero-order valence-corrected chi connectivity index (χ0v) is 25.7. The van der Waals surface area contributed by atoms with E-state index < -0.39 is 51.1 Å². The summed E-state index contributed by atoms with van der Waals surface area (Å²) in [6, 6.07) is 9.56. The van der Waals surface area contributed by atoms with Crippen molar-refractivity contribution in [3.05, 3.63) is 64.2 Å². The van der Waals surface area contributed by atoms with E-state index in [1.165, 1.54) is 13.2 Å². The standard InChI is InChI=1S/C29H24BrCl3N2O6/c1-13-3-4-14(9-20(13)31)35-24(37)18-8-7-16-19(22(18)25(35)38)11-28(32)26(39)34(12-30)27(40)29(28,33)23(16)17-6-5-15(41-2)10-21(17)36/h3-7,9-10,18-19,22-23,36H,8,11-12H2,1-2H3. The van der Waals surface area contributed by atoms with E-state index in [1.54, 1.807) is 30.3 Å². The number of hydrogen-bond acceptors (Lipinski definition) is 6. The second-order valence-electron chi connectivity index (χ2n) is 10.9. The predicted octanol–water partition coefficient (Wildman–Crippen LogP) is 5.28. The van der Waals surface area contributed by atoms with Gasteiger partial charge in [0.15, 0.2) is 9.75 Å². The van der Waals surface area contributed by atoms with Gasteiger partial charge in [-0.15, -0.1) is 23.2 Å². The molecule has 2 saturated heterocycles. The first-order chi connectivity index (χ1) is 19.4. The van der Waals surface area contributed by atoms with E-state index in [4.69, 9.17) is 39.5 Å². The van der Waals surface area contributed by atoms with Crippen LogP contribution in [0.2, 0.25) is 5.02 Å². The molecule has 2 heterocycles. The molecule has 214 valence electrons. The largest absolute Gasteiger partial charge is 0.508 e. The van der Waals surface area contributed by atoms with Gasteiger partial charge < -0.3 is 9.84 Å². The van der Waals surface area contributed by atoms with Crippen molar-refractivity contribution in [2.45, 2.75) is 35.4 Å². The second-order valence-corrected chi connectivity index (χ2v) is 13.0. The first kappa shape index (κ1) is 28.5. The Morgan fingerprint density at radius 2 is 1.78 bits per heavy atom. The molecule has 1 N–H and O–H groups in total. The maximum absolute atomic E-state index is 14.1. The van der Waals surface area contributed by atoms with E-state index >= 15 is 0 Å². The number of carbonyl (C=O) groups is 4. The highest BCUT2D eigenvalue weighted by Gasteiger charge is 2.76. The summed E-state index contributed by atoms with van der Waals surface area (Å²) in [5, 5.41) is 11.5. The lowest BCUT2D eigenvalue weighted by Gasteiger charge is -2.50. The molecule has 6 rings (SSSR count). The van der Waals surface area contributed by atoms with Crippen molar-refractivity contribution in [1.82, 2.24) is 4.90 Å². The van der Waals surface area contributed by atoms with Crippen LogP contribution >= 0.6 is 50.7 Å². The SMILES string of the molecule is COc1ccc(C2C3=CCC4C(=O)N(c5ccc(C)c(Cl)c5)C(=O)C4C3CC3(Cl)C(=O)N(CBr)C(=O)C23Cl)c(O)c1. The number of alkyl halides is 3. The van der Waals surface area contributed by atoms with Crippen molar-refractivity contribution in [2.75, 3.05) is 17.5 Å². The molecule has 0 spiro atoms. The molecule has 3 fully saturated rings. The third-order valence-electron chi connectivity index (χ3n) is 8.98. The van der Waals surface area contributed by atoms with Crippen LogP contribution in [0.1, 0.15) is 29.9 Å². The number of aromatic hydroxyl groups is 1. The summed E-state index contributed by atoms with van der Waals surface area (Å²) >= 11 is 23.9. The van der Waals surface area contributed by atoms with Gasteiger partial charge in [-0.2, -0.15) is 0 Å². The first-order valence-electron chi connectivity index (χ1n) is 12.9. The fourth-order valence-electron chi connectivity index (χ4n) is 6.97. The molecule has 0 bridgehead atoms. The molecule has 1 saturated carbocycles. The van der Waals surface area contributed by atoms with Gasteiger partial charge in [0.05, 0.1) is 30.1 Å². The Balaban J connectivity index is 1.52. The van der Waals surface area contributed by atoms with Gasteiger partial charge in [-0.3, -0.25) is 24.1 Å². The van der Waals surface area contributed by atoms with Gasteiger partial charge >= 0.3 is 0 Å². The molecule has 2 aliphatic heterocycles. The number of amides is 4. The normalized spacial score (nSPS) is 32.6.